The first-order valence-corrected chi connectivity index (χ1v) is 5.97. The molecule has 3 atom stereocenters. The molecule has 92 valence electrons. The number of nitrogens with zero attached hydrogens (tertiary/aromatic N) is 1. The summed E-state index contributed by atoms with van der Waals surface area (Å²) >= 11 is 0. The smallest absolute Gasteiger partial charge is 0.327 e. The zero-order valence-electron chi connectivity index (χ0n) is 9.69. The summed E-state index contributed by atoms with van der Waals surface area (Å²) in [5, 5.41) is 9.27. The second-order valence-corrected chi connectivity index (χ2v) is 4.71. The van der Waals surface area contributed by atoms with Crippen LogP contribution in [0.4, 0.5) is 0 Å². The Morgan fingerprint density at radius 2 is 1.89 bits per heavy atom. The third-order valence-electron chi connectivity index (χ3n) is 3.66. The van der Waals surface area contributed by atoms with E-state index < -0.39 is 12.0 Å². The van der Waals surface area contributed by atoms with Gasteiger partial charge in [-0.05, 0) is 18.6 Å². The summed E-state index contributed by atoms with van der Waals surface area (Å²) in [5.41, 5.74) is 0.546. The molecule has 1 N–H and O–H groups in total. The molecule has 1 heterocycles. The summed E-state index contributed by atoms with van der Waals surface area (Å²) in [6.07, 6.45) is 4.58. The van der Waals surface area contributed by atoms with Gasteiger partial charge in [-0.1, -0.05) is 30.4 Å². The average Bonchev–Trinajstić information content (AvgIpc) is 2.99. The molecule has 4 heteroatoms. The van der Waals surface area contributed by atoms with Gasteiger partial charge in [0.05, 0.1) is 6.04 Å². The maximum Gasteiger partial charge on any atom is 0.327 e. The van der Waals surface area contributed by atoms with Crippen LogP contribution in [0.15, 0.2) is 42.5 Å². The zero-order chi connectivity index (χ0) is 12.7. The number of hydrogen-bond acceptors (Lipinski definition) is 2. The van der Waals surface area contributed by atoms with Crippen molar-refractivity contribution in [2.75, 3.05) is 0 Å². The highest BCUT2D eigenvalue weighted by atomic mass is 16.4. The van der Waals surface area contributed by atoms with Gasteiger partial charge in [-0.2, -0.15) is 0 Å². The van der Waals surface area contributed by atoms with Crippen LogP contribution in [0.25, 0.3) is 0 Å². The summed E-state index contributed by atoms with van der Waals surface area (Å²) in [6.45, 7) is 0. The number of carboxylic acids is 1. The summed E-state index contributed by atoms with van der Waals surface area (Å²) in [5.74, 6) is -1.16. The Balaban J connectivity index is 1.94. The minimum atomic E-state index is -0.920. The van der Waals surface area contributed by atoms with E-state index >= 15 is 0 Å². The van der Waals surface area contributed by atoms with Crippen LogP contribution in [-0.4, -0.2) is 34.0 Å². The highest BCUT2D eigenvalue weighted by molar-refractivity contribution is 5.97. The topological polar surface area (TPSA) is 57.6 Å². The molecule has 0 unspecified atom stereocenters. The lowest BCUT2D eigenvalue weighted by atomic mass is 10.0. The summed E-state index contributed by atoms with van der Waals surface area (Å²) < 4.78 is 0. The molecule has 1 fully saturated rings. The van der Waals surface area contributed by atoms with Gasteiger partial charge in [-0.25, -0.2) is 4.79 Å². The van der Waals surface area contributed by atoms with Gasteiger partial charge in [-0.15, -0.1) is 0 Å². The molecule has 4 nitrogen and oxygen atoms in total. The largest absolute Gasteiger partial charge is 0.480 e. The second-order valence-electron chi connectivity index (χ2n) is 4.71. The summed E-state index contributed by atoms with van der Waals surface area (Å²) in [6, 6.07) is 8.06. The fourth-order valence-electron chi connectivity index (χ4n) is 2.87. The molecule has 1 aliphatic carbocycles. The molecule has 1 saturated heterocycles. The van der Waals surface area contributed by atoms with Crippen molar-refractivity contribution in [2.24, 2.45) is 5.92 Å². The van der Waals surface area contributed by atoms with Crippen molar-refractivity contribution in [3.05, 3.63) is 48.0 Å². The first-order valence-electron chi connectivity index (χ1n) is 5.97. The van der Waals surface area contributed by atoms with Crippen molar-refractivity contribution in [1.29, 1.82) is 0 Å². The number of rotatable bonds is 2. The lowest BCUT2D eigenvalue weighted by Crippen LogP contribution is -2.47. The summed E-state index contributed by atoms with van der Waals surface area (Å²) in [7, 11) is 0. The molecule has 1 amide bonds. The van der Waals surface area contributed by atoms with Crippen LogP contribution in [0.2, 0.25) is 0 Å². The number of carboxylic acid groups (broad SMARTS) is 1. The van der Waals surface area contributed by atoms with Crippen molar-refractivity contribution >= 4 is 11.9 Å². The predicted octanol–water partition coefficient (Wildman–Crippen LogP) is 1.54. The Hall–Kier alpha value is -2.10. The zero-order valence-corrected chi connectivity index (χ0v) is 9.69. The van der Waals surface area contributed by atoms with Crippen LogP contribution >= 0.6 is 0 Å². The fourth-order valence-corrected chi connectivity index (χ4v) is 2.87. The normalized spacial score (nSPS) is 28.7. The Labute approximate surface area is 105 Å². The standard InChI is InChI=1S/C14H13NO3/c16-13(9-4-2-1-3-5-9)15-11-7-6-10(8-11)12(15)14(17)18/h1-7,10-12H,8H2,(H,17,18)/t10-,11+,12-/m0/s1. The number of carbonyl (C=O) groups is 2. The number of fused-ring (bicyclic) bond motifs is 2. The van der Waals surface area contributed by atoms with E-state index in [4.69, 9.17) is 0 Å². The molecule has 1 aliphatic heterocycles. The lowest BCUT2D eigenvalue weighted by molar-refractivity contribution is -0.142. The van der Waals surface area contributed by atoms with Crippen molar-refractivity contribution in [1.82, 2.24) is 4.90 Å². The van der Waals surface area contributed by atoms with Gasteiger partial charge < -0.3 is 10.0 Å². The molecule has 0 saturated carbocycles. The number of amides is 1. The van der Waals surface area contributed by atoms with Gasteiger partial charge in [0.15, 0.2) is 0 Å². The fraction of sp³-hybridized carbons (Fsp3) is 0.286. The van der Waals surface area contributed by atoms with Crippen molar-refractivity contribution in [2.45, 2.75) is 18.5 Å². The van der Waals surface area contributed by atoms with E-state index in [9.17, 15) is 14.7 Å². The monoisotopic (exact) mass is 243 g/mol. The quantitative estimate of drug-likeness (QED) is 0.801. The van der Waals surface area contributed by atoms with Gasteiger partial charge in [0.2, 0.25) is 0 Å². The van der Waals surface area contributed by atoms with Crippen LogP contribution in [0, 0.1) is 5.92 Å². The Bertz CT molecular complexity index is 523. The third kappa shape index (κ3) is 1.53. The Morgan fingerprint density at radius 3 is 2.56 bits per heavy atom. The SMILES string of the molecule is O=C(O)[C@@H]1[C@H]2C=C[C@H](C2)N1C(=O)c1ccccc1. The molecule has 0 radical (unpaired) electrons. The van der Waals surface area contributed by atoms with Crippen LogP contribution < -0.4 is 0 Å². The second kappa shape index (κ2) is 3.98. The van der Waals surface area contributed by atoms with Gasteiger partial charge in [-0.3, -0.25) is 4.79 Å². The average molecular weight is 243 g/mol. The predicted molar refractivity (Wildman–Crippen MR) is 65.1 cm³/mol. The minimum absolute atomic E-state index is 0.0415. The molecular weight excluding hydrogens is 230 g/mol. The molecule has 3 rings (SSSR count). The number of likely N-dealkylation sites (tertiary alicyclic amines) is 1. The van der Waals surface area contributed by atoms with Crippen LogP contribution in [0.5, 0.6) is 0 Å². The number of hydrogen-bond donors (Lipinski definition) is 1. The molecule has 2 aliphatic rings. The Morgan fingerprint density at radius 1 is 1.17 bits per heavy atom. The first-order chi connectivity index (χ1) is 8.68. The molecular formula is C14H13NO3. The van der Waals surface area contributed by atoms with E-state index in [2.05, 4.69) is 0 Å². The van der Waals surface area contributed by atoms with Crippen LogP contribution in [-0.2, 0) is 4.79 Å². The first kappa shape index (κ1) is 11.0. The van der Waals surface area contributed by atoms with E-state index in [-0.39, 0.29) is 17.9 Å². The maximum absolute atomic E-state index is 12.4. The van der Waals surface area contributed by atoms with Crippen molar-refractivity contribution in [3.8, 4) is 0 Å². The number of carbonyl (C=O) groups excluding carboxylic acids is 1. The van der Waals surface area contributed by atoms with Crippen LogP contribution in [0.1, 0.15) is 16.8 Å². The van der Waals surface area contributed by atoms with E-state index in [0.29, 0.717) is 5.56 Å². The lowest BCUT2D eigenvalue weighted by Gasteiger charge is -2.29. The van der Waals surface area contributed by atoms with Gasteiger partial charge in [0, 0.05) is 11.5 Å². The molecule has 1 aromatic rings. The van der Waals surface area contributed by atoms with Gasteiger partial charge in [0.1, 0.15) is 6.04 Å². The molecule has 18 heavy (non-hydrogen) atoms. The molecule has 2 bridgehead atoms. The van der Waals surface area contributed by atoms with Crippen molar-refractivity contribution < 1.29 is 14.7 Å². The van der Waals surface area contributed by atoms with Crippen molar-refractivity contribution in [3.63, 3.8) is 0 Å². The highest BCUT2D eigenvalue weighted by Gasteiger charge is 2.48. The van der Waals surface area contributed by atoms with Gasteiger partial charge in [0.25, 0.3) is 5.91 Å². The van der Waals surface area contributed by atoms with E-state index in [1.165, 1.54) is 4.90 Å². The Kier molecular flexibility index (Phi) is 2.44. The van der Waals surface area contributed by atoms with Crippen LogP contribution in [0.3, 0.4) is 0 Å². The molecule has 0 aromatic heterocycles. The molecule has 0 spiro atoms. The van der Waals surface area contributed by atoms with E-state index in [1.54, 1.807) is 24.3 Å². The van der Waals surface area contributed by atoms with E-state index in [1.807, 2.05) is 18.2 Å². The maximum atomic E-state index is 12.4. The van der Waals surface area contributed by atoms with Gasteiger partial charge >= 0.3 is 5.97 Å². The van der Waals surface area contributed by atoms with E-state index in [0.717, 1.165) is 6.42 Å². The third-order valence-corrected chi connectivity index (χ3v) is 3.66. The minimum Gasteiger partial charge on any atom is -0.480 e. The number of aliphatic carboxylic acids is 1. The number of benzene rings is 1. The highest BCUT2D eigenvalue weighted by Crippen LogP contribution is 2.38. The molecule has 1 aromatic carbocycles. The summed E-state index contributed by atoms with van der Waals surface area (Å²) in [4.78, 5) is 25.2.